The van der Waals surface area contributed by atoms with Crippen LogP contribution < -0.4 is 10.9 Å². The molecule has 2 fully saturated rings. The number of carbonyl (C=O) groups is 1. The van der Waals surface area contributed by atoms with Gasteiger partial charge in [-0.2, -0.15) is 5.26 Å². The lowest BCUT2D eigenvalue weighted by Crippen LogP contribution is -2.62. The van der Waals surface area contributed by atoms with Gasteiger partial charge < -0.3 is 56.2 Å². The molecule has 2 aliphatic rings. The molecule has 4 aromatic heterocycles. The van der Waals surface area contributed by atoms with Crippen molar-refractivity contribution in [1.82, 2.24) is 33.6 Å². The fraction of sp³-hybridized carbons (Fsp3) is 0.627. The summed E-state index contributed by atoms with van der Waals surface area (Å²) in [7, 11) is -17.6. The number of phosphoric acid groups is 1. The van der Waals surface area contributed by atoms with Gasteiger partial charge in [-0.3, -0.25) is 32.3 Å². The first-order valence-electron chi connectivity index (χ1n) is 27.2. The second-order valence-electron chi connectivity index (χ2n) is 23.3. The molecule has 2 aliphatic heterocycles. The second-order valence-corrected chi connectivity index (χ2v) is 39.0. The Morgan fingerprint density at radius 2 is 1.51 bits per heavy atom. The van der Waals surface area contributed by atoms with E-state index >= 15 is 8.96 Å². The van der Waals surface area contributed by atoms with Crippen molar-refractivity contribution in [3.8, 4) is 6.07 Å². The molecule has 452 valence electrons. The predicted octanol–water partition coefficient (Wildman–Crippen LogP) is 8.66. The van der Waals surface area contributed by atoms with Gasteiger partial charge in [-0.15, -0.1) is 0 Å². The summed E-state index contributed by atoms with van der Waals surface area (Å²) >= 11 is 0. The largest absolute Gasteiger partial charge is 0.475 e. The number of nitrogens with zero attached hydrogens (tertiary/aromatic N) is 8. The number of ether oxygens (including phenoxy) is 2. The topological polar surface area (TPSA) is 314 Å². The summed E-state index contributed by atoms with van der Waals surface area (Å²) in [4.78, 5) is 67.3. The zero-order valence-corrected chi connectivity index (χ0v) is 53.6. The molecule has 2 unspecified atom stereocenters. The molecule has 0 saturated carbocycles. The smallest absolute Gasteiger partial charge is 0.414 e. The minimum Gasteiger partial charge on any atom is -0.414 e. The maximum atomic E-state index is 16.1. The Bertz CT molecular complexity index is 3200. The highest BCUT2D eigenvalue weighted by atomic mass is 31.2. The number of hydrogen-bond acceptors (Lipinski definition) is 20. The molecule has 82 heavy (non-hydrogen) atoms. The summed E-state index contributed by atoms with van der Waals surface area (Å²) in [5, 5.41) is 22.8. The normalized spacial score (nSPS) is 23.2. The van der Waals surface area contributed by atoms with E-state index in [0.29, 0.717) is 5.56 Å². The van der Waals surface area contributed by atoms with Gasteiger partial charge in [-0.1, -0.05) is 94.4 Å². The van der Waals surface area contributed by atoms with E-state index in [-0.39, 0.29) is 57.6 Å². The number of aryl methyl sites for hydroxylation is 1. The molecule has 7 rings (SSSR count). The number of amides is 1. The molecular formula is C51H78FN9O16P2Si3. The van der Waals surface area contributed by atoms with Gasteiger partial charge in [0.25, 0.3) is 11.5 Å². The van der Waals surface area contributed by atoms with E-state index in [1.807, 2.05) is 95.3 Å². The first-order valence-corrected chi connectivity index (χ1v) is 36.8. The molecule has 0 radical (unpaired) electrons. The van der Waals surface area contributed by atoms with Crippen LogP contribution >= 0.6 is 16.1 Å². The van der Waals surface area contributed by atoms with Gasteiger partial charge in [-0.25, -0.2) is 28.9 Å². The summed E-state index contributed by atoms with van der Waals surface area (Å²) in [6.45, 7) is 23.3. The average Bonchev–Trinajstić information content (AvgIpc) is 2.33. The van der Waals surface area contributed by atoms with E-state index in [0.717, 1.165) is 10.8 Å². The SMILES string of the molecule is CC(C)[Si](O)(O[Si](O[C@H]1[C@@H](OP(=O)(OCCC#N)OCC[C@H]2O[C@@H](n3cnc4c(NC(=O)c5ccccc5)ncnc43)[C@H](O[Si](C)(C)C(C)(C)C)[C@@H]2O[PH](=O)O)[C@H](n2cc(F)c3c(=O)n(C)cnc32)O[C@@H]1CO)(C(C)C)C(C)C)C(C)C. The van der Waals surface area contributed by atoms with Crippen LogP contribution in [0.5, 0.6) is 0 Å². The monoisotopic (exact) mass is 1240 g/mol. The van der Waals surface area contributed by atoms with E-state index in [4.69, 9.17) is 40.5 Å². The van der Waals surface area contributed by atoms with Gasteiger partial charge in [0.15, 0.2) is 49.2 Å². The van der Waals surface area contributed by atoms with Crippen LogP contribution in [0.4, 0.5) is 10.2 Å². The van der Waals surface area contributed by atoms with Gasteiger partial charge in [0.1, 0.15) is 42.2 Å². The molecule has 1 aromatic carbocycles. The number of anilines is 1. The Kier molecular flexibility index (Phi) is 20.8. The Balaban J connectivity index is 1.29. The van der Waals surface area contributed by atoms with E-state index < -0.39 is 138 Å². The Labute approximate surface area is 479 Å². The Hall–Kier alpha value is -4.29. The summed E-state index contributed by atoms with van der Waals surface area (Å²) in [6.07, 6.45) is -6.49. The highest BCUT2D eigenvalue weighted by Crippen LogP contribution is 2.56. The summed E-state index contributed by atoms with van der Waals surface area (Å²) in [5.74, 6) is -1.33. The van der Waals surface area contributed by atoms with Crippen LogP contribution in [-0.2, 0) is 56.7 Å². The number of hydrogen-bond donors (Lipinski definition) is 4. The average molecular weight is 1240 g/mol. The Morgan fingerprint density at radius 3 is 2.11 bits per heavy atom. The van der Waals surface area contributed by atoms with Crippen LogP contribution in [0.15, 0.2) is 60.3 Å². The minimum atomic E-state index is -5.04. The highest BCUT2D eigenvalue weighted by Gasteiger charge is 2.61. The third kappa shape index (κ3) is 13.5. The molecule has 2 saturated heterocycles. The number of halogens is 1. The van der Waals surface area contributed by atoms with Crippen molar-refractivity contribution in [2.45, 2.75) is 178 Å². The van der Waals surface area contributed by atoms with E-state index in [1.165, 1.54) is 30.6 Å². The number of benzene rings is 1. The van der Waals surface area contributed by atoms with E-state index in [2.05, 4.69) is 25.3 Å². The lowest BCUT2D eigenvalue weighted by atomic mass is 10.1. The number of carbonyl (C=O) groups excluding carboxylic acids is 1. The van der Waals surface area contributed by atoms with Crippen molar-refractivity contribution in [2.75, 3.05) is 25.1 Å². The van der Waals surface area contributed by atoms with E-state index in [9.17, 15) is 34.2 Å². The minimum absolute atomic E-state index is 0.0923. The van der Waals surface area contributed by atoms with Crippen molar-refractivity contribution >= 4 is 75.4 Å². The van der Waals surface area contributed by atoms with Crippen molar-refractivity contribution in [1.29, 1.82) is 5.26 Å². The standard InChI is InChI=1S/C51H78FN9O16P2Si3/c1-30(2)81(68,31(3)4)77-82(32(5)6,33(7)8)76-41-37(26-62)72-49(60-25-35(52)38-45(60)57-28-59(12)48(38)64)42(41)74-79(67,69-23-18-22-53)70-24-21-36-40(73-78(65)66)43(75-80(13,14)51(9,10)11)50(71-36)61-29-56-39-44(54-27-55-46(39)61)58-47(63)34-19-16-15-17-20-34/h15-17,19-20,25,27-33,36-37,40-43,49-50,62,68,78H,18,21,23-24,26H2,1-14H3,(H,65,66)(H,54,55,58,63)/t36-,37-,40-,41-,42-,43-,49-,50-,79?/m1/s1. The van der Waals surface area contributed by atoms with Crippen LogP contribution in [0.3, 0.4) is 0 Å². The number of imidazole rings is 1. The molecule has 0 spiro atoms. The zero-order chi connectivity index (χ0) is 60.4. The zero-order valence-electron chi connectivity index (χ0n) is 48.7. The fourth-order valence-corrected chi connectivity index (χ4v) is 23.1. The molecule has 31 heteroatoms. The van der Waals surface area contributed by atoms with Gasteiger partial charge in [0.05, 0.1) is 51.1 Å². The number of nitriles is 1. The molecule has 5 aromatic rings. The molecule has 0 aliphatic carbocycles. The van der Waals surface area contributed by atoms with Crippen molar-refractivity contribution in [3.63, 3.8) is 0 Å². The fourth-order valence-electron chi connectivity index (χ4n) is 9.97. The van der Waals surface area contributed by atoms with Crippen molar-refractivity contribution < 1.29 is 73.6 Å². The number of aliphatic hydroxyl groups is 1. The second kappa shape index (κ2) is 26.1. The van der Waals surface area contributed by atoms with Gasteiger partial charge in [0.2, 0.25) is 0 Å². The van der Waals surface area contributed by atoms with Gasteiger partial charge >= 0.3 is 33.2 Å². The number of aromatic nitrogens is 7. The number of fused-ring (bicyclic) bond motifs is 2. The third-order valence-electron chi connectivity index (χ3n) is 15.5. The first-order chi connectivity index (χ1) is 38.4. The predicted molar refractivity (Wildman–Crippen MR) is 307 cm³/mol. The molecule has 1 amide bonds. The van der Waals surface area contributed by atoms with Crippen molar-refractivity contribution in [2.24, 2.45) is 7.05 Å². The third-order valence-corrected chi connectivity index (χ3v) is 31.7. The van der Waals surface area contributed by atoms with Crippen LogP contribution in [-0.4, -0.2) is 136 Å². The molecule has 6 heterocycles. The first kappa shape index (κ1) is 65.3. The quantitative estimate of drug-likeness (QED) is 0.0228. The molecule has 0 bridgehead atoms. The van der Waals surface area contributed by atoms with Gasteiger partial charge in [-0.05, 0) is 52.4 Å². The van der Waals surface area contributed by atoms with Crippen LogP contribution in [0, 0.1) is 17.1 Å². The van der Waals surface area contributed by atoms with E-state index in [1.54, 1.807) is 34.9 Å². The highest BCUT2D eigenvalue weighted by molar-refractivity contribution is 7.48. The molecule has 25 nitrogen and oxygen atoms in total. The Morgan fingerprint density at radius 1 is 0.878 bits per heavy atom. The maximum absolute atomic E-state index is 16.1. The number of aliphatic hydroxyl groups excluding tert-OH is 1. The molecular weight excluding hydrogens is 1160 g/mol. The number of rotatable bonds is 26. The molecule has 4 N–H and O–H groups in total. The maximum Gasteiger partial charge on any atom is 0.475 e. The van der Waals surface area contributed by atoms with Crippen LogP contribution in [0.1, 0.15) is 112 Å². The lowest BCUT2D eigenvalue weighted by molar-refractivity contribution is -0.0540. The van der Waals surface area contributed by atoms with Gasteiger partial charge in [0, 0.05) is 25.2 Å². The number of nitrogens with one attached hydrogen (secondary N) is 1. The summed E-state index contributed by atoms with van der Waals surface area (Å²) < 4.78 is 107. The van der Waals surface area contributed by atoms with Crippen molar-refractivity contribution in [3.05, 3.63) is 77.2 Å². The molecule has 10 atom stereocenters. The summed E-state index contributed by atoms with van der Waals surface area (Å²) in [6, 6.07) is 10.4. The van der Waals surface area contributed by atoms with Crippen LogP contribution in [0.2, 0.25) is 40.3 Å². The number of phosphoric ester groups is 1. The van der Waals surface area contributed by atoms with Crippen LogP contribution in [0.25, 0.3) is 22.2 Å². The summed E-state index contributed by atoms with van der Waals surface area (Å²) in [5.41, 5.74) is -1.53. The lowest BCUT2D eigenvalue weighted by Gasteiger charge is -2.47.